The number of azide groups is 1. The van der Waals surface area contributed by atoms with Crippen molar-refractivity contribution in [2.75, 3.05) is 31.1 Å². The van der Waals surface area contributed by atoms with E-state index >= 15 is 0 Å². The zero-order valence-corrected chi connectivity index (χ0v) is 13.0. The number of nitrogens with zero attached hydrogens (tertiary/aromatic N) is 5. The van der Waals surface area contributed by atoms with Gasteiger partial charge in [0.2, 0.25) is 0 Å². The molecule has 0 spiro atoms. The number of anilines is 1. The Labute approximate surface area is 137 Å². The highest BCUT2D eigenvalue weighted by Gasteiger charge is 2.24. The van der Waals surface area contributed by atoms with Crippen LogP contribution >= 0.6 is 11.6 Å². The van der Waals surface area contributed by atoms with Gasteiger partial charge in [0.05, 0.1) is 17.0 Å². The molecule has 1 fully saturated rings. The van der Waals surface area contributed by atoms with Crippen LogP contribution in [0.2, 0.25) is 5.02 Å². The van der Waals surface area contributed by atoms with Crippen LogP contribution in [-0.2, 0) is 0 Å². The molecule has 1 aliphatic heterocycles. The van der Waals surface area contributed by atoms with Gasteiger partial charge in [-0.15, -0.1) is 0 Å². The lowest BCUT2D eigenvalue weighted by Gasteiger charge is -2.36. The second-order valence-corrected chi connectivity index (χ2v) is 5.49. The van der Waals surface area contributed by atoms with Crippen molar-refractivity contribution in [1.82, 2.24) is 4.90 Å². The number of amides is 1. The fourth-order valence-electron chi connectivity index (χ4n) is 2.57. The van der Waals surface area contributed by atoms with E-state index in [1.54, 1.807) is 29.2 Å². The number of hydrogen-bond acceptors (Lipinski definition) is 4. The standard InChI is InChI=1S/C15H14ClN5O2/c16-12-10-11(18-19-17)3-4-13(12)20-5-7-21(8-6-20)15(22)14-2-1-9-23-14/h1-4,9-10H,5-8H2. The summed E-state index contributed by atoms with van der Waals surface area (Å²) in [5.41, 5.74) is 9.80. The summed E-state index contributed by atoms with van der Waals surface area (Å²) in [6.45, 7) is 2.53. The van der Waals surface area contributed by atoms with Gasteiger partial charge in [-0.25, -0.2) is 0 Å². The maximum atomic E-state index is 12.2. The molecule has 1 aromatic heterocycles. The van der Waals surface area contributed by atoms with Crippen LogP contribution in [0.25, 0.3) is 10.4 Å². The molecule has 0 atom stereocenters. The van der Waals surface area contributed by atoms with Gasteiger partial charge in [-0.1, -0.05) is 22.8 Å². The Morgan fingerprint density at radius 2 is 2.04 bits per heavy atom. The van der Waals surface area contributed by atoms with Crippen LogP contribution in [0.1, 0.15) is 10.6 Å². The quantitative estimate of drug-likeness (QED) is 0.486. The molecule has 3 rings (SSSR count). The molecule has 0 radical (unpaired) electrons. The molecule has 23 heavy (non-hydrogen) atoms. The maximum Gasteiger partial charge on any atom is 0.289 e. The molecule has 0 saturated carbocycles. The van der Waals surface area contributed by atoms with E-state index in [0.29, 0.717) is 42.6 Å². The zero-order valence-electron chi connectivity index (χ0n) is 12.2. The number of piperazine rings is 1. The SMILES string of the molecule is [N-]=[N+]=Nc1ccc(N2CCN(C(=O)c3ccco3)CC2)c(Cl)c1. The first-order valence-corrected chi connectivity index (χ1v) is 7.49. The number of benzene rings is 1. The van der Waals surface area contributed by atoms with Gasteiger partial charge in [-0.05, 0) is 29.8 Å². The number of halogens is 1. The lowest BCUT2D eigenvalue weighted by molar-refractivity contribution is 0.0714. The van der Waals surface area contributed by atoms with E-state index in [0.717, 1.165) is 5.69 Å². The van der Waals surface area contributed by atoms with Crippen molar-refractivity contribution in [2.45, 2.75) is 0 Å². The molecule has 0 unspecified atom stereocenters. The van der Waals surface area contributed by atoms with Crippen molar-refractivity contribution in [3.05, 3.63) is 57.8 Å². The van der Waals surface area contributed by atoms with E-state index in [4.69, 9.17) is 21.5 Å². The number of rotatable bonds is 3. The Balaban J connectivity index is 1.67. The summed E-state index contributed by atoms with van der Waals surface area (Å²) >= 11 is 6.26. The second-order valence-electron chi connectivity index (χ2n) is 5.08. The smallest absolute Gasteiger partial charge is 0.289 e. The predicted octanol–water partition coefficient (Wildman–Crippen LogP) is 3.84. The minimum Gasteiger partial charge on any atom is -0.459 e. The van der Waals surface area contributed by atoms with E-state index in [-0.39, 0.29) is 5.91 Å². The van der Waals surface area contributed by atoms with Crippen molar-refractivity contribution in [3.8, 4) is 0 Å². The average molecular weight is 332 g/mol. The predicted molar refractivity (Wildman–Crippen MR) is 87.1 cm³/mol. The molecule has 2 heterocycles. The minimum absolute atomic E-state index is 0.0977. The molecule has 7 nitrogen and oxygen atoms in total. The normalized spacial score (nSPS) is 14.5. The van der Waals surface area contributed by atoms with E-state index < -0.39 is 0 Å². The maximum absolute atomic E-state index is 12.2. The molecular weight excluding hydrogens is 318 g/mol. The summed E-state index contributed by atoms with van der Waals surface area (Å²) in [4.78, 5) is 18.8. The fourth-order valence-corrected chi connectivity index (χ4v) is 2.87. The summed E-state index contributed by atoms with van der Waals surface area (Å²) < 4.78 is 5.15. The van der Waals surface area contributed by atoms with Crippen molar-refractivity contribution in [2.24, 2.45) is 5.11 Å². The third-order valence-electron chi connectivity index (χ3n) is 3.73. The van der Waals surface area contributed by atoms with Crippen LogP contribution in [0.5, 0.6) is 0 Å². The molecule has 0 N–H and O–H groups in total. The van der Waals surface area contributed by atoms with Crippen molar-refractivity contribution in [1.29, 1.82) is 0 Å². The van der Waals surface area contributed by atoms with Gasteiger partial charge in [0.1, 0.15) is 0 Å². The Hall–Kier alpha value is -2.63. The Kier molecular flexibility index (Phi) is 4.41. The van der Waals surface area contributed by atoms with E-state index in [1.807, 2.05) is 6.07 Å². The number of furan rings is 1. The summed E-state index contributed by atoms with van der Waals surface area (Å²) in [5.74, 6) is 0.259. The highest BCUT2D eigenvalue weighted by Crippen LogP contribution is 2.30. The van der Waals surface area contributed by atoms with Crippen LogP contribution in [0.3, 0.4) is 0 Å². The van der Waals surface area contributed by atoms with Crippen molar-refractivity contribution >= 4 is 28.9 Å². The van der Waals surface area contributed by atoms with Crippen LogP contribution in [-0.4, -0.2) is 37.0 Å². The van der Waals surface area contributed by atoms with Crippen LogP contribution in [0.15, 0.2) is 46.1 Å². The number of carbonyl (C=O) groups excluding carboxylic acids is 1. The van der Waals surface area contributed by atoms with Crippen molar-refractivity contribution < 1.29 is 9.21 Å². The Morgan fingerprint density at radius 3 is 2.65 bits per heavy atom. The molecule has 1 amide bonds. The van der Waals surface area contributed by atoms with Gasteiger partial charge >= 0.3 is 0 Å². The molecule has 118 valence electrons. The fraction of sp³-hybridized carbons (Fsp3) is 0.267. The molecule has 1 aliphatic rings. The highest BCUT2D eigenvalue weighted by atomic mass is 35.5. The average Bonchev–Trinajstić information content (AvgIpc) is 3.09. The number of carbonyl (C=O) groups is 1. The van der Waals surface area contributed by atoms with Gasteiger partial charge in [0.25, 0.3) is 5.91 Å². The second kappa shape index (κ2) is 6.64. The van der Waals surface area contributed by atoms with Gasteiger partial charge in [-0.2, -0.15) is 0 Å². The monoisotopic (exact) mass is 331 g/mol. The molecular formula is C15H14ClN5O2. The third-order valence-corrected chi connectivity index (χ3v) is 4.03. The Morgan fingerprint density at radius 1 is 1.26 bits per heavy atom. The highest BCUT2D eigenvalue weighted by molar-refractivity contribution is 6.33. The molecule has 8 heteroatoms. The first-order chi connectivity index (χ1) is 11.2. The summed E-state index contributed by atoms with van der Waals surface area (Å²) in [6.07, 6.45) is 1.49. The molecule has 1 saturated heterocycles. The minimum atomic E-state index is -0.0977. The third kappa shape index (κ3) is 3.26. The molecule has 0 aliphatic carbocycles. The van der Waals surface area contributed by atoms with Crippen LogP contribution in [0, 0.1) is 0 Å². The molecule has 0 bridgehead atoms. The summed E-state index contributed by atoms with van der Waals surface area (Å²) in [7, 11) is 0. The zero-order chi connectivity index (χ0) is 16.2. The first-order valence-electron chi connectivity index (χ1n) is 7.11. The van der Waals surface area contributed by atoms with Gasteiger partial charge in [-0.3, -0.25) is 4.79 Å². The topological polar surface area (TPSA) is 85.5 Å². The lowest BCUT2D eigenvalue weighted by atomic mass is 10.2. The van der Waals surface area contributed by atoms with Crippen LogP contribution < -0.4 is 4.90 Å². The van der Waals surface area contributed by atoms with E-state index in [9.17, 15) is 4.79 Å². The first kappa shape index (κ1) is 15.3. The van der Waals surface area contributed by atoms with Crippen LogP contribution in [0.4, 0.5) is 11.4 Å². The summed E-state index contributed by atoms with van der Waals surface area (Å²) in [6, 6.07) is 8.56. The van der Waals surface area contributed by atoms with Crippen molar-refractivity contribution in [3.63, 3.8) is 0 Å². The van der Waals surface area contributed by atoms with Gasteiger partial charge in [0.15, 0.2) is 5.76 Å². The lowest BCUT2D eigenvalue weighted by Crippen LogP contribution is -2.48. The molecule has 2 aromatic rings. The largest absolute Gasteiger partial charge is 0.459 e. The summed E-state index contributed by atoms with van der Waals surface area (Å²) in [5, 5.41) is 4.06. The number of hydrogen-bond donors (Lipinski definition) is 0. The van der Waals surface area contributed by atoms with Gasteiger partial charge < -0.3 is 14.2 Å². The van der Waals surface area contributed by atoms with Gasteiger partial charge in [0, 0.05) is 36.8 Å². The van der Waals surface area contributed by atoms with E-state index in [2.05, 4.69) is 14.9 Å². The Bertz CT molecular complexity index is 747. The molecule has 1 aromatic carbocycles. The van der Waals surface area contributed by atoms with E-state index in [1.165, 1.54) is 6.26 Å².